The highest BCUT2D eigenvalue weighted by molar-refractivity contribution is 5.96. The molecule has 2 aromatic rings. The molecule has 2 heterocycles. The molecule has 0 unspecified atom stereocenters. The maximum atomic E-state index is 12.7. The van der Waals surface area contributed by atoms with E-state index in [0.29, 0.717) is 23.7 Å². The van der Waals surface area contributed by atoms with Crippen LogP contribution in [0.25, 0.3) is 11.0 Å². The Labute approximate surface area is 150 Å². The van der Waals surface area contributed by atoms with E-state index < -0.39 is 11.2 Å². The highest BCUT2D eigenvalue weighted by Crippen LogP contribution is 2.49. The number of carbonyl (C=O) groups is 1. The zero-order valence-corrected chi connectivity index (χ0v) is 15.1. The number of aryl methyl sites for hydroxylation is 1. The summed E-state index contributed by atoms with van der Waals surface area (Å²) >= 11 is 0. The smallest absolute Gasteiger partial charge is 0.329 e. The molecule has 0 aromatic carbocycles. The zero-order valence-electron chi connectivity index (χ0n) is 15.1. The fourth-order valence-electron chi connectivity index (χ4n) is 4.89. The van der Waals surface area contributed by atoms with Gasteiger partial charge in [0, 0.05) is 18.8 Å². The predicted octanol–water partition coefficient (Wildman–Crippen LogP) is 1.66. The Bertz CT molecular complexity index is 977. The number of amides is 1. The first-order chi connectivity index (χ1) is 12.5. The second-order valence-corrected chi connectivity index (χ2v) is 7.70. The summed E-state index contributed by atoms with van der Waals surface area (Å²) in [6.07, 6.45) is 6.54. The molecule has 2 bridgehead atoms. The van der Waals surface area contributed by atoms with E-state index in [1.165, 1.54) is 42.5 Å². The molecule has 4 rings (SSSR count). The molecular weight excluding hydrogens is 332 g/mol. The molecular formula is C19H24N4O3. The lowest BCUT2D eigenvalue weighted by atomic mass is 9.84. The van der Waals surface area contributed by atoms with Crippen molar-refractivity contribution in [3.8, 4) is 0 Å². The van der Waals surface area contributed by atoms with E-state index in [1.807, 2.05) is 0 Å². The van der Waals surface area contributed by atoms with Crippen LogP contribution in [0.2, 0.25) is 0 Å². The minimum atomic E-state index is -0.516. The summed E-state index contributed by atoms with van der Waals surface area (Å²) in [5, 5.41) is 3.34. The molecule has 1 amide bonds. The predicted molar refractivity (Wildman–Crippen MR) is 98.2 cm³/mol. The van der Waals surface area contributed by atoms with Gasteiger partial charge in [0.15, 0.2) is 0 Å². The average molecular weight is 356 g/mol. The fraction of sp³-hybridized carbons (Fsp3) is 0.579. The number of rotatable bonds is 4. The molecule has 4 atom stereocenters. The summed E-state index contributed by atoms with van der Waals surface area (Å²) in [4.78, 5) is 43.1. The van der Waals surface area contributed by atoms with Gasteiger partial charge in [0.05, 0.1) is 10.9 Å². The highest BCUT2D eigenvalue weighted by atomic mass is 16.2. The van der Waals surface area contributed by atoms with Gasteiger partial charge >= 0.3 is 5.69 Å². The number of carbonyl (C=O) groups excluding carboxylic acids is 1. The molecule has 138 valence electrons. The Morgan fingerprint density at radius 2 is 2.19 bits per heavy atom. The number of hydrogen-bond donors (Lipinski definition) is 2. The van der Waals surface area contributed by atoms with Gasteiger partial charge in [-0.1, -0.05) is 6.42 Å². The van der Waals surface area contributed by atoms with Crippen molar-refractivity contribution in [2.75, 3.05) is 0 Å². The number of pyridine rings is 1. The molecule has 26 heavy (non-hydrogen) atoms. The maximum absolute atomic E-state index is 12.7. The first-order valence-corrected chi connectivity index (χ1v) is 9.41. The third-order valence-corrected chi connectivity index (χ3v) is 6.20. The third kappa shape index (κ3) is 2.75. The Balaban J connectivity index is 1.59. The zero-order chi connectivity index (χ0) is 18.4. The quantitative estimate of drug-likeness (QED) is 0.871. The Hall–Kier alpha value is -2.44. The molecule has 7 nitrogen and oxygen atoms in total. The first kappa shape index (κ1) is 17.0. The number of fused-ring (bicyclic) bond motifs is 3. The van der Waals surface area contributed by atoms with Crippen molar-refractivity contribution >= 4 is 16.9 Å². The van der Waals surface area contributed by atoms with Gasteiger partial charge in [0.2, 0.25) is 0 Å². The standard InChI is InChI=1S/C19H24N4O3/c1-3-23-16-15(18(25)22-19(23)26)8-13(9-20-16)17(24)21-10(2)14-7-11-4-5-12(14)6-11/h8-12,14H,3-7H2,1-2H3,(H,21,24)(H,22,25,26)/t10-,11-,12-,14+/m0/s1. The molecule has 2 saturated carbocycles. The summed E-state index contributed by atoms with van der Waals surface area (Å²) in [5.41, 5.74) is -0.351. The lowest BCUT2D eigenvalue weighted by Gasteiger charge is -2.28. The monoisotopic (exact) mass is 356 g/mol. The minimum Gasteiger partial charge on any atom is -0.349 e. The molecule has 0 saturated heterocycles. The van der Waals surface area contributed by atoms with Crippen LogP contribution in [-0.2, 0) is 6.54 Å². The van der Waals surface area contributed by atoms with E-state index >= 15 is 0 Å². The van der Waals surface area contributed by atoms with Gasteiger partial charge in [-0.25, -0.2) is 9.78 Å². The summed E-state index contributed by atoms with van der Waals surface area (Å²) in [6, 6.07) is 1.63. The van der Waals surface area contributed by atoms with E-state index in [-0.39, 0.29) is 17.3 Å². The largest absolute Gasteiger partial charge is 0.349 e. The van der Waals surface area contributed by atoms with Gasteiger partial charge in [0.1, 0.15) is 5.65 Å². The molecule has 2 N–H and O–H groups in total. The molecule has 0 radical (unpaired) electrons. The van der Waals surface area contributed by atoms with E-state index in [4.69, 9.17) is 0 Å². The summed E-state index contributed by atoms with van der Waals surface area (Å²) in [6.45, 7) is 4.27. The normalized spacial score (nSPS) is 25.5. The van der Waals surface area contributed by atoms with E-state index in [2.05, 4.69) is 22.2 Å². The number of nitrogens with one attached hydrogen (secondary N) is 2. The van der Waals surface area contributed by atoms with Crippen molar-refractivity contribution in [1.82, 2.24) is 19.9 Å². The Morgan fingerprint density at radius 1 is 1.38 bits per heavy atom. The average Bonchev–Trinajstić information content (AvgIpc) is 3.25. The van der Waals surface area contributed by atoms with Crippen LogP contribution in [0.1, 0.15) is 49.9 Å². The van der Waals surface area contributed by atoms with Crippen LogP contribution >= 0.6 is 0 Å². The molecule has 7 heteroatoms. The molecule has 0 aliphatic heterocycles. The fourth-order valence-corrected chi connectivity index (χ4v) is 4.89. The second-order valence-electron chi connectivity index (χ2n) is 7.70. The summed E-state index contributed by atoms with van der Waals surface area (Å²) < 4.78 is 1.39. The van der Waals surface area contributed by atoms with Gasteiger partial charge in [-0.15, -0.1) is 0 Å². The van der Waals surface area contributed by atoms with Gasteiger partial charge in [-0.2, -0.15) is 0 Å². The highest BCUT2D eigenvalue weighted by Gasteiger charge is 2.42. The number of nitrogens with zero attached hydrogens (tertiary/aromatic N) is 2. The molecule has 0 spiro atoms. The van der Waals surface area contributed by atoms with E-state index in [9.17, 15) is 14.4 Å². The lowest BCUT2D eigenvalue weighted by molar-refractivity contribution is 0.0915. The second kappa shape index (κ2) is 6.37. The van der Waals surface area contributed by atoms with Crippen LogP contribution in [0.15, 0.2) is 21.9 Å². The van der Waals surface area contributed by atoms with Crippen molar-refractivity contribution in [3.63, 3.8) is 0 Å². The third-order valence-electron chi connectivity index (χ3n) is 6.20. The van der Waals surface area contributed by atoms with Crippen molar-refractivity contribution in [2.45, 2.75) is 52.1 Å². The Morgan fingerprint density at radius 3 is 2.85 bits per heavy atom. The van der Waals surface area contributed by atoms with Crippen LogP contribution in [0.4, 0.5) is 0 Å². The van der Waals surface area contributed by atoms with Crippen LogP contribution in [-0.4, -0.2) is 26.5 Å². The first-order valence-electron chi connectivity index (χ1n) is 9.41. The molecule has 2 fully saturated rings. The minimum absolute atomic E-state index is 0.108. The van der Waals surface area contributed by atoms with Crippen LogP contribution in [0.5, 0.6) is 0 Å². The number of H-pyrrole nitrogens is 1. The van der Waals surface area contributed by atoms with Gasteiger partial charge in [0.25, 0.3) is 11.5 Å². The van der Waals surface area contributed by atoms with Crippen LogP contribution in [0.3, 0.4) is 0 Å². The number of aromatic amines is 1. The maximum Gasteiger partial charge on any atom is 0.329 e. The molecule has 2 aliphatic carbocycles. The van der Waals surface area contributed by atoms with Crippen molar-refractivity contribution in [1.29, 1.82) is 0 Å². The van der Waals surface area contributed by atoms with E-state index in [1.54, 1.807) is 6.92 Å². The van der Waals surface area contributed by atoms with Gasteiger partial charge in [-0.05, 0) is 56.9 Å². The SMILES string of the molecule is CCn1c(=O)[nH]c(=O)c2cc(C(=O)N[C@@H](C)[C@H]3C[C@H]4CC[C@H]3C4)cnc21. The van der Waals surface area contributed by atoms with Crippen molar-refractivity contribution in [3.05, 3.63) is 38.7 Å². The summed E-state index contributed by atoms with van der Waals surface area (Å²) in [7, 11) is 0. The number of hydrogen-bond acceptors (Lipinski definition) is 4. The van der Waals surface area contributed by atoms with Gasteiger partial charge < -0.3 is 5.32 Å². The van der Waals surface area contributed by atoms with E-state index in [0.717, 1.165) is 11.8 Å². The topological polar surface area (TPSA) is 96.9 Å². The van der Waals surface area contributed by atoms with Crippen LogP contribution < -0.4 is 16.6 Å². The number of aromatic nitrogens is 3. The van der Waals surface area contributed by atoms with Gasteiger partial charge in [-0.3, -0.25) is 19.1 Å². The summed E-state index contributed by atoms with van der Waals surface area (Å²) in [5.74, 6) is 1.88. The van der Waals surface area contributed by atoms with Crippen molar-refractivity contribution in [2.24, 2.45) is 17.8 Å². The van der Waals surface area contributed by atoms with Crippen molar-refractivity contribution < 1.29 is 4.79 Å². The Kier molecular flexibility index (Phi) is 4.17. The molecule has 2 aromatic heterocycles. The lowest BCUT2D eigenvalue weighted by Crippen LogP contribution is -2.40. The van der Waals surface area contributed by atoms with Crippen LogP contribution in [0, 0.1) is 17.8 Å². The molecule has 2 aliphatic rings.